The Kier molecular flexibility index (Phi) is 10.4. The highest BCUT2D eigenvalue weighted by atomic mass is 16.4. The Labute approximate surface area is 215 Å². The Balaban J connectivity index is 0.000000658. The number of hydrogen-bond acceptors (Lipinski definition) is 3. The van der Waals surface area contributed by atoms with Crippen LogP contribution in [-0.4, -0.2) is 30.2 Å². The van der Waals surface area contributed by atoms with Gasteiger partial charge < -0.3 is 10.4 Å². The molecule has 0 bridgehead atoms. The lowest BCUT2D eigenvalue weighted by atomic mass is 9.76. The van der Waals surface area contributed by atoms with Crippen LogP contribution in [0.1, 0.15) is 36.1 Å². The molecule has 0 aliphatic rings. The molecule has 1 unspecified atom stereocenters. The lowest BCUT2D eigenvalue weighted by Crippen LogP contribution is -2.53. The second-order valence-electron chi connectivity index (χ2n) is 8.53. The summed E-state index contributed by atoms with van der Waals surface area (Å²) in [6.07, 6.45) is 0.379. The van der Waals surface area contributed by atoms with Crippen LogP contribution in [0.15, 0.2) is 121 Å². The van der Waals surface area contributed by atoms with Crippen LogP contribution in [0.5, 0.6) is 0 Å². The van der Waals surface area contributed by atoms with Crippen LogP contribution < -0.4 is 10.6 Å². The van der Waals surface area contributed by atoms with Gasteiger partial charge in [-0.2, -0.15) is 0 Å². The molecule has 0 aromatic heterocycles. The maximum absolute atomic E-state index is 12.4. The summed E-state index contributed by atoms with van der Waals surface area (Å²) in [6.45, 7) is 6.39. The van der Waals surface area contributed by atoms with E-state index in [4.69, 9.17) is 0 Å². The first-order chi connectivity index (χ1) is 17.6. The van der Waals surface area contributed by atoms with Gasteiger partial charge in [0.15, 0.2) is 0 Å². The summed E-state index contributed by atoms with van der Waals surface area (Å²) in [4.78, 5) is 12.4. The average molecular weight is 481 g/mol. The Morgan fingerprint density at radius 1 is 0.667 bits per heavy atom. The molecule has 4 aromatic rings. The second-order valence-corrected chi connectivity index (χ2v) is 8.53. The van der Waals surface area contributed by atoms with Crippen molar-refractivity contribution in [1.29, 1.82) is 0 Å². The van der Waals surface area contributed by atoms with Crippen LogP contribution in [0, 0.1) is 0 Å². The zero-order valence-electron chi connectivity index (χ0n) is 21.1. The summed E-state index contributed by atoms with van der Waals surface area (Å²) in [7, 11) is 0. The normalized spacial score (nSPS) is 11.7. The topological polar surface area (TPSA) is 61.4 Å². The maximum Gasteiger partial charge on any atom is 0.321 e. The molecule has 0 radical (unpaired) electrons. The largest absolute Gasteiger partial charge is 0.480 e. The van der Waals surface area contributed by atoms with Crippen LogP contribution in [0.25, 0.3) is 0 Å². The number of rotatable bonds is 10. The molecule has 4 nitrogen and oxygen atoms in total. The highest BCUT2D eigenvalue weighted by Crippen LogP contribution is 2.37. The molecule has 0 aliphatic carbocycles. The Hall–Kier alpha value is -3.73. The highest BCUT2D eigenvalue weighted by molar-refractivity contribution is 5.74. The van der Waals surface area contributed by atoms with Crippen molar-refractivity contribution in [3.63, 3.8) is 0 Å². The van der Waals surface area contributed by atoms with Crippen LogP contribution in [0.2, 0.25) is 0 Å². The van der Waals surface area contributed by atoms with Gasteiger partial charge in [0.1, 0.15) is 6.04 Å². The molecule has 36 heavy (non-hydrogen) atoms. The SMILES string of the molecule is CCNCC.O=C(O)C(Cc1ccccc1)NC(c1ccccc1)(c1ccccc1)c1ccccc1. The van der Waals surface area contributed by atoms with Crippen LogP contribution >= 0.6 is 0 Å². The molecule has 0 aliphatic heterocycles. The molecule has 0 saturated carbocycles. The van der Waals surface area contributed by atoms with Crippen molar-refractivity contribution in [2.24, 2.45) is 0 Å². The van der Waals surface area contributed by atoms with Crippen molar-refractivity contribution in [3.8, 4) is 0 Å². The third-order valence-electron chi connectivity index (χ3n) is 6.09. The Bertz CT molecular complexity index is 1050. The smallest absolute Gasteiger partial charge is 0.321 e. The fourth-order valence-electron chi connectivity index (χ4n) is 4.38. The predicted molar refractivity (Wildman–Crippen MR) is 148 cm³/mol. The first-order valence-corrected chi connectivity index (χ1v) is 12.5. The van der Waals surface area contributed by atoms with Crippen LogP contribution in [0.3, 0.4) is 0 Å². The average Bonchev–Trinajstić information content (AvgIpc) is 2.94. The molecular formula is C32H36N2O2. The van der Waals surface area contributed by atoms with Gasteiger partial charge >= 0.3 is 5.97 Å². The summed E-state index contributed by atoms with van der Waals surface area (Å²) in [5, 5.41) is 16.9. The summed E-state index contributed by atoms with van der Waals surface area (Å²) in [6, 6.07) is 39.1. The number of hydrogen-bond donors (Lipinski definition) is 3. The number of carboxylic acid groups (broad SMARTS) is 1. The van der Waals surface area contributed by atoms with Gasteiger partial charge in [0.05, 0.1) is 5.54 Å². The summed E-state index contributed by atoms with van der Waals surface area (Å²) >= 11 is 0. The van der Waals surface area contributed by atoms with Crippen molar-refractivity contribution in [3.05, 3.63) is 144 Å². The van der Waals surface area contributed by atoms with E-state index in [2.05, 4.69) is 60.9 Å². The predicted octanol–water partition coefficient (Wildman–Crippen LogP) is 5.88. The van der Waals surface area contributed by atoms with Gasteiger partial charge in [0.2, 0.25) is 0 Å². The first-order valence-electron chi connectivity index (χ1n) is 12.5. The number of benzene rings is 4. The third-order valence-corrected chi connectivity index (χ3v) is 6.09. The van der Waals surface area contributed by atoms with E-state index in [-0.39, 0.29) is 0 Å². The molecule has 186 valence electrons. The van der Waals surface area contributed by atoms with E-state index < -0.39 is 17.6 Å². The summed E-state index contributed by atoms with van der Waals surface area (Å²) in [5.74, 6) is -0.879. The molecule has 1 atom stereocenters. The minimum absolute atomic E-state index is 0.379. The number of nitrogens with one attached hydrogen (secondary N) is 2. The van der Waals surface area contributed by atoms with E-state index in [0.717, 1.165) is 35.3 Å². The standard InChI is InChI=1S/C28H25NO2.C4H11N/c30-27(31)26(21-22-13-5-1-6-14-22)29-28(23-15-7-2-8-16-23,24-17-9-3-10-18-24)25-19-11-4-12-20-25;1-3-5-4-2/h1-20,26,29H,21H2,(H,30,31);5H,3-4H2,1-2H3. The van der Waals surface area contributed by atoms with Gasteiger partial charge in [0.25, 0.3) is 0 Å². The minimum Gasteiger partial charge on any atom is -0.480 e. The van der Waals surface area contributed by atoms with Crippen LogP contribution in [-0.2, 0) is 16.8 Å². The molecular weight excluding hydrogens is 444 g/mol. The fraction of sp³-hybridized carbons (Fsp3) is 0.219. The van der Waals surface area contributed by atoms with Crippen molar-refractivity contribution >= 4 is 5.97 Å². The minimum atomic E-state index is -0.879. The van der Waals surface area contributed by atoms with E-state index >= 15 is 0 Å². The Morgan fingerprint density at radius 2 is 1.03 bits per heavy atom. The van der Waals surface area contributed by atoms with Crippen molar-refractivity contribution in [1.82, 2.24) is 10.6 Å². The molecule has 0 spiro atoms. The Morgan fingerprint density at radius 3 is 1.33 bits per heavy atom. The first kappa shape index (κ1) is 26.9. The highest BCUT2D eigenvalue weighted by Gasteiger charge is 2.39. The van der Waals surface area contributed by atoms with E-state index in [1.165, 1.54) is 0 Å². The summed E-state index contributed by atoms with van der Waals surface area (Å²) in [5.41, 5.74) is 3.14. The number of carboxylic acids is 1. The lowest BCUT2D eigenvalue weighted by Gasteiger charge is -2.39. The van der Waals surface area contributed by atoms with Crippen molar-refractivity contribution in [2.75, 3.05) is 13.1 Å². The number of aliphatic carboxylic acids is 1. The quantitative estimate of drug-likeness (QED) is 0.248. The monoisotopic (exact) mass is 480 g/mol. The van der Waals surface area contributed by atoms with Crippen LogP contribution in [0.4, 0.5) is 0 Å². The molecule has 0 fully saturated rings. The van der Waals surface area contributed by atoms with E-state index in [0.29, 0.717) is 6.42 Å². The summed E-state index contributed by atoms with van der Waals surface area (Å²) < 4.78 is 0. The van der Waals surface area contributed by atoms with Gasteiger partial charge in [-0.15, -0.1) is 0 Å². The zero-order valence-corrected chi connectivity index (χ0v) is 21.1. The molecule has 0 amide bonds. The van der Waals surface area contributed by atoms with Crippen molar-refractivity contribution in [2.45, 2.75) is 31.8 Å². The molecule has 0 heterocycles. The van der Waals surface area contributed by atoms with Gasteiger partial charge in [-0.05, 0) is 41.8 Å². The lowest BCUT2D eigenvalue weighted by molar-refractivity contribution is -0.139. The molecule has 0 saturated heterocycles. The van der Waals surface area contributed by atoms with E-state index in [1.807, 2.05) is 84.9 Å². The fourth-order valence-corrected chi connectivity index (χ4v) is 4.38. The van der Waals surface area contributed by atoms with Gasteiger partial charge in [-0.1, -0.05) is 135 Å². The van der Waals surface area contributed by atoms with Gasteiger partial charge in [-0.3, -0.25) is 10.1 Å². The zero-order chi connectivity index (χ0) is 25.6. The van der Waals surface area contributed by atoms with Gasteiger partial charge in [0, 0.05) is 0 Å². The van der Waals surface area contributed by atoms with Gasteiger partial charge in [-0.25, -0.2) is 0 Å². The molecule has 3 N–H and O–H groups in total. The third kappa shape index (κ3) is 6.91. The molecule has 4 aromatic carbocycles. The second kappa shape index (κ2) is 14.0. The van der Waals surface area contributed by atoms with E-state index in [9.17, 15) is 9.90 Å². The number of carbonyl (C=O) groups is 1. The maximum atomic E-state index is 12.4. The molecule has 4 heteroatoms. The van der Waals surface area contributed by atoms with E-state index in [1.54, 1.807) is 0 Å². The van der Waals surface area contributed by atoms with Crippen molar-refractivity contribution < 1.29 is 9.90 Å². The molecule has 4 rings (SSSR count).